The molecule has 0 aliphatic carbocycles. The number of anilines is 3. The lowest BCUT2D eigenvalue weighted by Crippen LogP contribution is -2.44. The number of likely N-dealkylation sites (N-methyl/N-ethyl adjacent to an activating group) is 1. The predicted octanol–water partition coefficient (Wildman–Crippen LogP) is 4.16. The molecule has 31 heavy (non-hydrogen) atoms. The topological polar surface area (TPSA) is 73.4 Å². The summed E-state index contributed by atoms with van der Waals surface area (Å²) >= 11 is 0. The Hall–Kier alpha value is -3.45. The van der Waals surface area contributed by atoms with Crippen LogP contribution < -0.4 is 15.5 Å². The molecule has 7 heteroatoms. The third-order valence-corrected chi connectivity index (χ3v) is 5.55. The monoisotopic (exact) mass is 416 g/mol. The van der Waals surface area contributed by atoms with Gasteiger partial charge in [0.2, 0.25) is 0 Å². The van der Waals surface area contributed by atoms with E-state index in [-0.39, 0.29) is 6.03 Å². The number of amides is 2. The fourth-order valence-electron chi connectivity index (χ4n) is 3.65. The molecule has 0 atom stereocenters. The van der Waals surface area contributed by atoms with Crippen molar-refractivity contribution in [3.05, 3.63) is 65.7 Å². The van der Waals surface area contributed by atoms with E-state index in [0.717, 1.165) is 54.5 Å². The Morgan fingerprint density at radius 3 is 2.26 bits per heavy atom. The summed E-state index contributed by atoms with van der Waals surface area (Å²) in [5, 5.41) is 14.6. The van der Waals surface area contributed by atoms with Crippen molar-refractivity contribution in [2.75, 3.05) is 48.8 Å². The van der Waals surface area contributed by atoms with Gasteiger partial charge in [-0.15, -0.1) is 10.2 Å². The average Bonchev–Trinajstić information content (AvgIpc) is 2.77. The summed E-state index contributed by atoms with van der Waals surface area (Å²) in [6.07, 6.45) is 0. The second kappa shape index (κ2) is 9.14. The maximum atomic E-state index is 12.3. The standard InChI is InChI=1S/C24H28N6O/c1-17-4-9-21(18(2)16-17)26-24(31)25-20-7-5-19(6-8-20)22-10-11-23(28-27-22)30-14-12-29(3)13-15-30/h4-11,16H,12-15H2,1-3H3,(H2,25,26,31). The summed E-state index contributed by atoms with van der Waals surface area (Å²) < 4.78 is 0. The van der Waals surface area contributed by atoms with Gasteiger partial charge in [-0.05, 0) is 56.8 Å². The third-order valence-electron chi connectivity index (χ3n) is 5.55. The number of rotatable bonds is 4. The number of hydrogen-bond acceptors (Lipinski definition) is 5. The van der Waals surface area contributed by atoms with Crippen LogP contribution in [0, 0.1) is 13.8 Å². The normalized spacial score (nSPS) is 14.4. The van der Waals surface area contributed by atoms with Gasteiger partial charge < -0.3 is 20.4 Å². The largest absolute Gasteiger partial charge is 0.353 e. The fourth-order valence-corrected chi connectivity index (χ4v) is 3.65. The molecule has 1 aliphatic rings. The van der Waals surface area contributed by atoms with Gasteiger partial charge in [0.05, 0.1) is 5.69 Å². The number of benzene rings is 2. The molecule has 2 amide bonds. The molecule has 1 aliphatic heterocycles. The van der Waals surface area contributed by atoms with Crippen LogP contribution in [0.15, 0.2) is 54.6 Å². The van der Waals surface area contributed by atoms with Crippen molar-refractivity contribution in [2.45, 2.75) is 13.8 Å². The second-order valence-electron chi connectivity index (χ2n) is 8.04. The number of urea groups is 1. The van der Waals surface area contributed by atoms with E-state index >= 15 is 0 Å². The molecule has 1 fully saturated rings. The Balaban J connectivity index is 1.37. The van der Waals surface area contributed by atoms with E-state index in [2.05, 4.69) is 37.7 Å². The lowest BCUT2D eigenvalue weighted by atomic mass is 10.1. The van der Waals surface area contributed by atoms with Gasteiger partial charge >= 0.3 is 6.03 Å². The first-order valence-corrected chi connectivity index (χ1v) is 10.5. The van der Waals surface area contributed by atoms with E-state index in [1.165, 1.54) is 5.56 Å². The molecule has 3 aromatic rings. The van der Waals surface area contributed by atoms with Gasteiger partial charge in [-0.1, -0.05) is 29.8 Å². The highest BCUT2D eigenvalue weighted by Gasteiger charge is 2.15. The smallest absolute Gasteiger partial charge is 0.323 e. The Morgan fingerprint density at radius 2 is 1.61 bits per heavy atom. The van der Waals surface area contributed by atoms with Gasteiger partial charge in [-0.25, -0.2) is 4.79 Å². The lowest BCUT2D eigenvalue weighted by Gasteiger charge is -2.32. The molecule has 160 valence electrons. The predicted molar refractivity (Wildman–Crippen MR) is 126 cm³/mol. The first-order valence-electron chi connectivity index (χ1n) is 10.5. The molecule has 0 radical (unpaired) electrons. The summed E-state index contributed by atoms with van der Waals surface area (Å²) in [5.41, 5.74) is 5.48. The van der Waals surface area contributed by atoms with Crippen LogP contribution in [0.3, 0.4) is 0 Å². The summed E-state index contributed by atoms with van der Waals surface area (Å²) in [6.45, 7) is 8.02. The summed E-state index contributed by atoms with van der Waals surface area (Å²) in [5.74, 6) is 0.915. The first-order chi connectivity index (χ1) is 15.0. The van der Waals surface area contributed by atoms with Crippen LogP contribution in [0.25, 0.3) is 11.3 Å². The van der Waals surface area contributed by atoms with Crippen molar-refractivity contribution in [2.24, 2.45) is 0 Å². The van der Waals surface area contributed by atoms with Crippen LogP contribution >= 0.6 is 0 Å². The minimum Gasteiger partial charge on any atom is -0.353 e. The zero-order valence-electron chi connectivity index (χ0n) is 18.2. The number of piperazine rings is 1. The number of aromatic nitrogens is 2. The van der Waals surface area contributed by atoms with E-state index in [9.17, 15) is 4.79 Å². The summed E-state index contributed by atoms with van der Waals surface area (Å²) in [4.78, 5) is 16.9. The Kier molecular flexibility index (Phi) is 6.13. The quantitative estimate of drug-likeness (QED) is 0.668. The van der Waals surface area contributed by atoms with E-state index in [1.54, 1.807) is 0 Å². The van der Waals surface area contributed by atoms with Gasteiger partial charge in [0.15, 0.2) is 5.82 Å². The number of carbonyl (C=O) groups excluding carboxylic acids is 1. The maximum Gasteiger partial charge on any atom is 0.323 e. The van der Waals surface area contributed by atoms with Crippen molar-refractivity contribution in [1.82, 2.24) is 15.1 Å². The van der Waals surface area contributed by atoms with Crippen LogP contribution in [0.4, 0.5) is 22.0 Å². The van der Waals surface area contributed by atoms with Crippen molar-refractivity contribution >= 4 is 23.2 Å². The molecular formula is C24H28N6O. The molecular weight excluding hydrogens is 388 g/mol. The van der Waals surface area contributed by atoms with Gasteiger partial charge in [0.1, 0.15) is 0 Å². The molecule has 0 unspecified atom stereocenters. The van der Waals surface area contributed by atoms with E-state index < -0.39 is 0 Å². The van der Waals surface area contributed by atoms with Crippen LogP contribution in [-0.2, 0) is 0 Å². The number of aryl methyl sites for hydroxylation is 2. The Bertz CT molecular complexity index is 1040. The highest BCUT2D eigenvalue weighted by Crippen LogP contribution is 2.22. The zero-order chi connectivity index (χ0) is 21.8. The van der Waals surface area contributed by atoms with Crippen LogP contribution in [-0.4, -0.2) is 54.4 Å². The van der Waals surface area contributed by atoms with Crippen molar-refractivity contribution in [1.29, 1.82) is 0 Å². The molecule has 2 aromatic carbocycles. The molecule has 0 spiro atoms. The van der Waals surface area contributed by atoms with Crippen molar-refractivity contribution in [3.63, 3.8) is 0 Å². The first kappa shape index (κ1) is 20.8. The number of carbonyl (C=O) groups is 1. The van der Waals surface area contributed by atoms with Crippen LogP contribution in [0.5, 0.6) is 0 Å². The van der Waals surface area contributed by atoms with Crippen LogP contribution in [0.2, 0.25) is 0 Å². The summed E-state index contributed by atoms with van der Waals surface area (Å²) in [6, 6.07) is 17.3. The zero-order valence-corrected chi connectivity index (χ0v) is 18.2. The molecule has 0 saturated carbocycles. The van der Waals surface area contributed by atoms with Crippen LogP contribution in [0.1, 0.15) is 11.1 Å². The molecule has 7 nitrogen and oxygen atoms in total. The Morgan fingerprint density at radius 1 is 0.871 bits per heavy atom. The maximum absolute atomic E-state index is 12.3. The summed E-state index contributed by atoms with van der Waals surface area (Å²) in [7, 11) is 2.14. The molecule has 2 N–H and O–H groups in total. The van der Waals surface area contributed by atoms with Gasteiger partial charge in [-0.3, -0.25) is 0 Å². The average molecular weight is 417 g/mol. The SMILES string of the molecule is Cc1ccc(NC(=O)Nc2ccc(-c3ccc(N4CCN(C)CC4)nn3)cc2)c(C)c1. The molecule has 2 heterocycles. The minimum atomic E-state index is -0.268. The lowest BCUT2D eigenvalue weighted by molar-refractivity contribution is 0.262. The second-order valence-corrected chi connectivity index (χ2v) is 8.04. The minimum absolute atomic E-state index is 0.268. The number of nitrogens with one attached hydrogen (secondary N) is 2. The number of hydrogen-bond donors (Lipinski definition) is 2. The van der Waals surface area contributed by atoms with Gasteiger partial charge in [0.25, 0.3) is 0 Å². The highest BCUT2D eigenvalue weighted by atomic mass is 16.2. The van der Waals surface area contributed by atoms with E-state index in [1.807, 2.05) is 68.4 Å². The molecule has 1 aromatic heterocycles. The van der Waals surface area contributed by atoms with E-state index in [0.29, 0.717) is 5.69 Å². The molecule has 4 rings (SSSR count). The molecule has 1 saturated heterocycles. The van der Waals surface area contributed by atoms with E-state index in [4.69, 9.17) is 0 Å². The molecule has 0 bridgehead atoms. The fraction of sp³-hybridized carbons (Fsp3) is 0.292. The van der Waals surface area contributed by atoms with Crippen molar-refractivity contribution < 1.29 is 4.79 Å². The Labute approximate surface area is 183 Å². The van der Waals surface area contributed by atoms with Gasteiger partial charge in [-0.2, -0.15) is 0 Å². The van der Waals surface area contributed by atoms with Crippen molar-refractivity contribution in [3.8, 4) is 11.3 Å². The third kappa shape index (κ3) is 5.19. The van der Waals surface area contributed by atoms with Gasteiger partial charge in [0, 0.05) is 43.1 Å². The number of nitrogens with zero attached hydrogens (tertiary/aromatic N) is 4. The highest BCUT2D eigenvalue weighted by molar-refractivity contribution is 6.00.